The maximum Gasteiger partial charge on any atom is 0.301 e. The number of nitrogens with zero attached hydrogens (tertiary/aromatic N) is 1. The number of rotatable bonds is 5. The lowest BCUT2D eigenvalue weighted by Crippen LogP contribution is -2.43. The molecule has 1 fully saturated rings. The molecule has 0 unspecified atom stereocenters. The van der Waals surface area contributed by atoms with Crippen LogP contribution in [0.5, 0.6) is 5.75 Å². The minimum absolute atomic E-state index is 0.346. The van der Waals surface area contributed by atoms with Crippen molar-refractivity contribution < 1.29 is 17.9 Å². The molecule has 1 aliphatic heterocycles. The Morgan fingerprint density at radius 1 is 1.40 bits per heavy atom. The van der Waals surface area contributed by atoms with Crippen molar-refractivity contribution in [2.75, 3.05) is 38.1 Å². The maximum absolute atomic E-state index is 12.3. The van der Waals surface area contributed by atoms with Gasteiger partial charge in [0.25, 0.3) is 0 Å². The fraction of sp³-hybridized carbons (Fsp3) is 0.500. The number of ether oxygens (including phenoxy) is 2. The Morgan fingerprint density at radius 2 is 2.10 bits per heavy atom. The molecule has 1 heterocycles. The van der Waals surface area contributed by atoms with Crippen LogP contribution in [0, 0.1) is 0 Å². The zero-order valence-corrected chi connectivity index (χ0v) is 12.1. The van der Waals surface area contributed by atoms with E-state index in [0.29, 0.717) is 44.3 Å². The SMILES string of the molecule is COc1cc(CN)ccc1NS(=O)(=O)N1CCOCC1. The molecule has 0 radical (unpaired) electrons. The van der Waals surface area contributed by atoms with E-state index < -0.39 is 10.2 Å². The predicted octanol–water partition coefficient (Wildman–Crippen LogP) is 0.143. The molecule has 20 heavy (non-hydrogen) atoms. The smallest absolute Gasteiger partial charge is 0.301 e. The van der Waals surface area contributed by atoms with Gasteiger partial charge in [0.05, 0.1) is 26.0 Å². The van der Waals surface area contributed by atoms with E-state index in [4.69, 9.17) is 15.2 Å². The van der Waals surface area contributed by atoms with E-state index in [-0.39, 0.29) is 0 Å². The molecule has 1 aromatic rings. The fourth-order valence-corrected chi connectivity index (χ4v) is 3.14. The van der Waals surface area contributed by atoms with Gasteiger partial charge in [0.2, 0.25) is 0 Å². The minimum atomic E-state index is -3.60. The Balaban J connectivity index is 2.19. The van der Waals surface area contributed by atoms with Gasteiger partial charge < -0.3 is 15.2 Å². The molecule has 0 atom stereocenters. The first-order chi connectivity index (χ1) is 9.56. The molecule has 7 nitrogen and oxygen atoms in total. The van der Waals surface area contributed by atoms with Gasteiger partial charge in [-0.15, -0.1) is 0 Å². The van der Waals surface area contributed by atoms with Crippen LogP contribution in [0.2, 0.25) is 0 Å². The van der Waals surface area contributed by atoms with E-state index in [0.717, 1.165) is 5.56 Å². The van der Waals surface area contributed by atoms with Crippen LogP contribution in [0.3, 0.4) is 0 Å². The molecule has 112 valence electrons. The Bertz CT molecular complexity index is 556. The third kappa shape index (κ3) is 3.40. The highest BCUT2D eigenvalue weighted by molar-refractivity contribution is 7.90. The molecule has 2 rings (SSSR count). The summed E-state index contributed by atoms with van der Waals surface area (Å²) in [4.78, 5) is 0. The van der Waals surface area contributed by atoms with Crippen LogP contribution < -0.4 is 15.2 Å². The van der Waals surface area contributed by atoms with Crippen molar-refractivity contribution in [2.24, 2.45) is 5.73 Å². The molecular formula is C12H19N3O4S. The summed E-state index contributed by atoms with van der Waals surface area (Å²) in [6, 6.07) is 5.13. The average Bonchev–Trinajstić information content (AvgIpc) is 2.48. The Hall–Kier alpha value is -1.35. The molecule has 0 amide bonds. The van der Waals surface area contributed by atoms with E-state index in [1.807, 2.05) is 0 Å². The van der Waals surface area contributed by atoms with E-state index in [1.165, 1.54) is 11.4 Å². The first kappa shape index (κ1) is 15.0. The van der Waals surface area contributed by atoms with Gasteiger partial charge in [-0.2, -0.15) is 12.7 Å². The number of anilines is 1. The lowest BCUT2D eigenvalue weighted by Gasteiger charge is -2.26. The van der Waals surface area contributed by atoms with Crippen LogP contribution >= 0.6 is 0 Å². The summed E-state index contributed by atoms with van der Waals surface area (Å²) in [5.74, 6) is 0.449. The average molecular weight is 301 g/mol. The van der Waals surface area contributed by atoms with Crippen LogP contribution in [0.25, 0.3) is 0 Å². The van der Waals surface area contributed by atoms with Crippen molar-refractivity contribution in [1.82, 2.24) is 4.31 Å². The zero-order chi connectivity index (χ0) is 14.6. The quantitative estimate of drug-likeness (QED) is 0.807. The van der Waals surface area contributed by atoms with Crippen molar-refractivity contribution in [2.45, 2.75) is 6.54 Å². The van der Waals surface area contributed by atoms with E-state index in [9.17, 15) is 8.42 Å². The van der Waals surface area contributed by atoms with Gasteiger partial charge in [0, 0.05) is 19.6 Å². The second-order valence-electron chi connectivity index (χ2n) is 4.36. The van der Waals surface area contributed by atoms with Crippen molar-refractivity contribution in [3.8, 4) is 5.75 Å². The molecule has 0 aromatic heterocycles. The molecule has 0 bridgehead atoms. The molecular weight excluding hydrogens is 282 g/mol. The largest absolute Gasteiger partial charge is 0.495 e. The maximum atomic E-state index is 12.3. The monoisotopic (exact) mass is 301 g/mol. The highest BCUT2D eigenvalue weighted by Gasteiger charge is 2.25. The van der Waals surface area contributed by atoms with Gasteiger partial charge in [0.1, 0.15) is 5.75 Å². The van der Waals surface area contributed by atoms with E-state index >= 15 is 0 Å². The highest BCUT2D eigenvalue weighted by atomic mass is 32.2. The molecule has 8 heteroatoms. The summed E-state index contributed by atoms with van der Waals surface area (Å²) >= 11 is 0. The van der Waals surface area contributed by atoms with Crippen molar-refractivity contribution in [3.05, 3.63) is 23.8 Å². The van der Waals surface area contributed by atoms with Gasteiger partial charge in [-0.25, -0.2) is 0 Å². The van der Waals surface area contributed by atoms with Crippen LogP contribution in [-0.4, -0.2) is 46.1 Å². The van der Waals surface area contributed by atoms with Crippen molar-refractivity contribution >= 4 is 15.9 Å². The molecule has 3 N–H and O–H groups in total. The van der Waals surface area contributed by atoms with Gasteiger partial charge in [0.15, 0.2) is 0 Å². The standard InChI is InChI=1S/C12H19N3O4S/c1-18-12-8-10(9-13)2-3-11(12)14-20(16,17)15-4-6-19-7-5-15/h2-3,8,14H,4-7,9,13H2,1H3. The molecule has 0 saturated carbocycles. The minimum Gasteiger partial charge on any atom is -0.495 e. The lowest BCUT2D eigenvalue weighted by atomic mass is 10.2. The van der Waals surface area contributed by atoms with Gasteiger partial charge >= 0.3 is 10.2 Å². The summed E-state index contributed by atoms with van der Waals surface area (Å²) in [6.45, 7) is 1.87. The Morgan fingerprint density at radius 3 is 2.70 bits per heavy atom. The molecule has 1 aromatic carbocycles. The lowest BCUT2D eigenvalue weighted by molar-refractivity contribution is 0.0733. The van der Waals surface area contributed by atoms with Crippen LogP contribution in [0.15, 0.2) is 18.2 Å². The van der Waals surface area contributed by atoms with Gasteiger partial charge in [-0.05, 0) is 17.7 Å². The van der Waals surface area contributed by atoms with E-state index in [2.05, 4.69) is 4.72 Å². The zero-order valence-electron chi connectivity index (χ0n) is 11.3. The number of hydrogen-bond donors (Lipinski definition) is 2. The molecule has 0 spiro atoms. The first-order valence-electron chi connectivity index (χ1n) is 6.29. The number of morpholine rings is 1. The summed E-state index contributed by atoms with van der Waals surface area (Å²) in [7, 11) is -2.11. The normalized spacial score (nSPS) is 16.9. The summed E-state index contributed by atoms with van der Waals surface area (Å²) in [5.41, 5.74) is 6.82. The predicted molar refractivity (Wildman–Crippen MR) is 75.8 cm³/mol. The third-order valence-corrected chi connectivity index (χ3v) is 4.57. The number of nitrogens with one attached hydrogen (secondary N) is 1. The topological polar surface area (TPSA) is 93.9 Å². The van der Waals surface area contributed by atoms with Crippen LogP contribution in [0.4, 0.5) is 5.69 Å². The van der Waals surface area contributed by atoms with E-state index in [1.54, 1.807) is 18.2 Å². The second-order valence-corrected chi connectivity index (χ2v) is 6.03. The third-order valence-electron chi connectivity index (χ3n) is 3.05. The van der Waals surface area contributed by atoms with Gasteiger partial charge in [-0.1, -0.05) is 6.07 Å². The number of nitrogens with two attached hydrogens (primary N) is 1. The summed E-state index contributed by atoms with van der Waals surface area (Å²) in [6.07, 6.45) is 0. The Labute approximate surface area is 118 Å². The molecule has 1 saturated heterocycles. The Kier molecular flexibility index (Phi) is 4.81. The second kappa shape index (κ2) is 6.40. The first-order valence-corrected chi connectivity index (χ1v) is 7.73. The highest BCUT2D eigenvalue weighted by Crippen LogP contribution is 2.27. The fourth-order valence-electron chi connectivity index (χ4n) is 1.94. The van der Waals surface area contributed by atoms with Crippen LogP contribution in [-0.2, 0) is 21.5 Å². The van der Waals surface area contributed by atoms with Gasteiger partial charge in [-0.3, -0.25) is 4.72 Å². The van der Waals surface area contributed by atoms with Crippen molar-refractivity contribution in [3.63, 3.8) is 0 Å². The summed E-state index contributed by atoms with van der Waals surface area (Å²) in [5, 5.41) is 0. The summed E-state index contributed by atoms with van der Waals surface area (Å²) < 4.78 is 38.7. The number of hydrogen-bond acceptors (Lipinski definition) is 5. The molecule has 0 aliphatic carbocycles. The van der Waals surface area contributed by atoms with Crippen LogP contribution in [0.1, 0.15) is 5.56 Å². The number of methoxy groups -OCH3 is 1. The van der Waals surface area contributed by atoms with Crippen molar-refractivity contribution in [1.29, 1.82) is 0 Å². The molecule has 1 aliphatic rings. The number of benzene rings is 1.